The third-order valence-corrected chi connectivity index (χ3v) is 4.64. The van der Waals surface area contributed by atoms with E-state index in [1.165, 1.54) is 39.2 Å². The molecule has 1 saturated heterocycles. The van der Waals surface area contributed by atoms with E-state index in [0.717, 1.165) is 13.8 Å². The SMILES string of the molecule is COc1cc(C=O)ccc1O[C@@H]1O[C@@H](COC(C)=O)[C@@H](OC(C)=O)[C@@H](OC(C)=O)[C@@H]1NC(C)=O. The Balaban J connectivity index is 2.51. The molecular formula is C22H27NO11. The largest absolute Gasteiger partial charge is 0.493 e. The summed E-state index contributed by atoms with van der Waals surface area (Å²) < 4.78 is 32.9. The van der Waals surface area contributed by atoms with E-state index in [2.05, 4.69) is 5.32 Å². The second-order valence-corrected chi connectivity index (χ2v) is 7.37. The summed E-state index contributed by atoms with van der Waals surface area (Å²) in [6.45, 7) is 4.33. The molecule has 1 aliphatic heterocycles. The van der Waals surface area contributed by atoms with Crippen molar-refractivity contribution in [3.63, 3.8) is 0 Å². The minimum atomic E-state index is -1.31. The highest BCUT2D eigenvalue weighted by atomic mass is 16.7. The molecule has 2 rings (SSSR count). The van der Waals surface area contributed by atoms with Crippen LogP contribution in [0.15, 0.2) is 18.2 Å². The van der Waals surface area contributed by atoms with Crippen molar-refractivity contribution < 1.29 is 52.4 Å². The Morgan fingerprint density at radius 2 is 1.62 bits per heavy atom. The molecule has 0 saturated carbocycles. The summed E-state index contributed by atoms with van der Waals surface area (Å²) in [4.78, 5) is 58.1. The zero-order chi connectivity index (χ0) is 25.4. The molecule has 12 nitrogen and oxygen atoms in total. The molecule has 1 fully saturated rings. The zero-order valence-electron chi connectivity index (χ0n) is 19.4. The van der Waals surface area contributed by atoms with Crippen molar-refractivity contribution in [3.8, 4) is 11.5 Å². The molecule has 1 amide bonds. The Hall–Kier alpha value is -3.67. The second-order valence-electron chi connectivity index (χ2n) is 7.37. The number of benzene rings is 1. The first-order chi connectivity index (χ1) is 16.0. The lowest BCUT2D eigenvalue weighted by Crippen LogP contribution is -2.67. The van der Waals surface area contributed by atoms with Gasteiger partial charge in [0.15, 0.2) is 23.7 Å². The lowest BCUT2D eigenvalue weighted by molar-refractivity contribution is -0.257. The fraction of sp³-hybridized carbons (Fsp3) is 0.500. The molecule has 34 heavy (non-hydrogen) atoms. The molecule has 1 heterocycles. The van der Waals surface area contributed by atoms with Gasteiger partial charge in [0.05, 0.1) is 7.11 Å². The Labute approximate surface area is 195 Å². The van der Waals surface area contributed by atoms with E-state index >= 15 is 0 Å². The van der Waals surface area contributed by atoms with Gasteiger partial charge in [-0.2, -0.15) is 0 Å². The molecule has 186 valence electrons. The number of hydrogen-bond donors (Lipinski definition) is 1. The van der Waals surface area contributed by atoms with Crippen molar-refractivity contribution in [3.05, 3.63) is 23.8 Å². The molecular weight excluding hydrogens is 454 g/mol. The van der Waals surface area contributed by atoms with Gasteiger partial charge in [-0.25, -0.2) is 0 Å². The molecule has 1 N–H and O–H groups in total. The zero-order valence-corrected chi connectivity index (χ0v) is 19.4. The minimum absolute atomic E-state index is 0.146. The number of methoxy groups -OCH3 is 1. The van der Waals surface area contributed by atoms with Crippen LogP contribution < -0.4 is 14.8 Å². The predicted octanol–water partition coefficient (Wildman–Crippen LogP) is 0.543. The van der Waals surface area contributed by atoms with E-state index in [-0.39, 0.29) is 18.1 Å². The first-order valence-corrected chi connectivity index (χ1v) is 10.3. The van der Waals surface area contributed by atoms with E-state index in [9.17, 15) is 24.0 Å². The summed E-state index contributed by atoms with van der Waals surface area (Å²) in [6, 6.07) is 3.22. The van der Waals surface area contributed by atoms with Gasteiger partial charge in [0.1, 0.15) is 25.0 Å². The van der Waals surface area contributed by atoms with Crippen LogP contribution in [0, 0.1) is 0 Å². The van der Waals surface area contributed by atoms with Gasteiger partial charge in [-0.3, -0.25) is 24.0 Å². The second kappa shape index (κ2) is 12.0. The van der Waals surface area contributed by atoms with Gasteiger partial charge in [0, 0.05) is 33.3 Å². The fourth-order valence-corrected chi connectivity index (χ4v) is 3.37. The van der Waals surface area contributed by atoms with E-state index in [1.807, 2.05) is 0 Å². The third kappa shape index (κ3) is 7.17. The molecule has 0 spiro atoms. The van der Waals surface area contributed by atoms with Crippen molar-refractivity contribution in [2.75, 3.05) is 13.7 Å². The molecule has 1 aliphatic rings. The van der Waals surface area contributed by atoms with Crippen molar-refractivity contribution in [2.45, 2.75) is 58.3 Å². The van der Waals surface area contributed by atoms with E-state index < -0.39 is 54.5 Å². The van der Waals surface area contributed by atoms with Crippen LogP contribution in [0.5, 0.6) is 11.5 Å². The van der Waals surface area contributed by atoms with Crippen LogP contribution in [0.25, 0.3) is 0 Å². The van der Waals surface area contributed by atoms with Gasteiger partial charge in [0.25, 0.3) is 0 Å². The number of esters is 3. The average Bonchev–Trinajstić information content (AvgIpc) is 2.75. The average molecular weight is 481 g/mol. The number of carbonyl (C=O) groups is 5. The normalized spacial score (nSPS) is 23.7. The highest BCUT2D eigenvalue weighted by molar-refractivity contribution is 5.76. The predicted molar refractivity (Wildman–Crippen MR) is 113 cm³/mol. The van der Waals surface area contributed by atoms with Gasteiger partial charge < -0.3 is 33.7 Å². The topological polar surface area (TPSA) is 153 Å². The lowest BCUT2D eigenvalue weighted by Gasteiger charge is -2.44. The maximum Gasteiger partial charge on any atom is 0.303 e. The molecule has 0 unspecified atom stereocenters. The number of rotatable bonds is 9. The maximum absolute atomic E-state index is 12.0. The molecule has 0 bridgehead atoms. The fourth-order valence-electron chi connectivity index (χ4n) is 3.37. The number of ether oxygens (including phenoxy) is 6. The standard InChI is InChI=1S/C22H27NO11/c1-11(25)23-19-21(32-14(4)28)20(31-13(3)27)18(10-30-12(2)26)34-22(19)33-16-7-6-15(9-24)8-17(16)29-5/h6-9,18-22H,10H2,1-5H3,(H,23,25)/t18-,19-,20+,21-,22+/m0/s1. The van der Waals surface area contributed by atoms with E-state index in [1.54, 1.807) is 0 Å². The Morgan fingerprint density at radius 1 is 0.971 bits per heavy atom. The molecule has 0 aliphatic carbocycles. The Bertz CT molecular complexity index is 931. The molecule has 0 radical (unpaired) electrons. The lowest BCUT2D eigenvalue weighted by atomic mass is 9.96. The summed E-state index contributed by atoms with van der Waals surface area (Å²) in [7, 11) is 1.37. The number of aldehydes is 1. The van der Waals surface area contributed by atoms with E-state index in [0.29, 0.717) is 11.8 Å². The molecule has 5 atom stereocenters. The molecule has 1 aromatic rings. The van der Waals surface area contributed by atoms with Crippen LogP contribution in [0.4, 0.5) is 0 Å². The number of hydrogen-bond acceptors (Lipinski definition) is 11. The first-order valence-electron chi connectivity index (χ1n) is 10.3. The Kier molecular flexibility index (Phi) is 9.36. The maximum atomic E-state index is 12.0. The van der Waals surface area contributed by atoms with E-state index in [4.69, 9.17) is 28.4 Å². The van der Waals surface area contributed by atoms with Crippen LogP contribution in [-0.4, -0.2) is 74.5 Å². The van der Waals surface area contributed by atoms with Gasteiger partial charge in [-0.15, -0.1) is 0 Å². The molecule has 0 aromatic heterocycles. The van der Waals surface area contributed by atoms with Crippen molar-refractivity contribution in [2.24, 2.45) is 0 Å². The number of amides is 1. The van der Waals surface area contributed by atoms with Crippen LogP contribution in [0.2, 0.25) is 0 Å². The summed E-state index contributed by atoms with van der Waals surface area (Å²) in [5.74, 6) is -2.24. The summed E-state index contributed by atoms with van der Waals surface area (Å²) in [5.41, 5.74) is 0.326. The van der Waals surface area contributed by atoms with Crippen LogP contribution in [0.3, 0.4) is 0 Å². The van der Waals surface area contributed by atoms with Gasteiger partial charge in [-0.05, 0) is 18.2 Å². The smallest absolute Gasteiger partial charge is 0.303 e. The van der Waals surface area contributed by atoms with Crippen molar-refractivity contribution in [1.82, 2.24) is 5.32 Å². The van der Waals surface area contributed by atoms with Crippen molar-refractivity contribution >= 4 is 30.1 Å². The number of carbonyl (C=O) groups excluding carboxylic acids is 5. The minimum Gasteiger partial charge on any atom is -0.493 e. The summed E-state index contributed by atoms with van der Waals surface area (Å²) in [5, 5.41) is 2.59. The van der Waals surface area contributed by atoms with Gasteiger partial charge in [0.2, 0.25) is 12.2 Å². The van der Waals surface area contributed by atoms with Crippen LogP contribution >= 0.6 is 0 Å². The van der Waals surface area contributed by atoms with Gasteiger partial charge in [-0.1, -0.05) is 0 Å². The Morgan fingerprint density at radius 3 is 2.15 bits per heavy atom. The molecule has 1 aromatic carbocycles. The van der Waals surface area contributed by atoms with Gasteiger partial charge >= 0.3 is 17.9 Å². The highest BCUT2D eigenvalue weighted by Crippen LogP contribution is 2.33. The summed E-state index contributed by atoms with van der Waals surface area (Å²) >= 11 is 0. The third-order valence-electron chi connectivity index (χ3n) is 4.64. The summed E-state index contributed by atoms with van der Waals surface area (Å²) in [6.07, 6.45) is -4.30. The monoisotopic (exact) mass is 481 g/mol. The highest BCUT2D eigenvalue weighted by Gasteiger charge is 2.52. The van der Waals surface area contributed by atoms with Crippen LogP contribution in [-0.2, 0) is 38.1 Å². The first kappa shape index (κ1) is 26.6. The quantitative estimate of drug-likeness (QED) is 0.299. The molecule has 12 heteroatoms. The number of nitrogens with one attached hydrogen (secondary N) is 1. The van der Waals surface area contributed by atoms with Crippen LogP contribution in [0.1, 0.15) is 38.1 Å². The van der Waals surface area contributed by atoms with Crippen molar-refractivity contribution in [1.29, 1.82) is 0 Å².